The highest BCUT2D eigenvalue weighted by Gasteiger charge is 2.22. The van der Waals surface area contributed by atoms with E-state index < -0.39 is 0 Å². The molecule has 2 N–H and O–H groups in total. The fraction of sp³-hybridized carbons (Fsp3) is 0.667. The molecule has 3 heteroatoms. The topological polar surface area (TPSA) is 38.5 Å². The zero-order chi connectivity index (χ0) is 14.7. The summed E-state index contributed by atoms with van der Waals surface area (Å²) in [5.74, 6) is 2.59. The maximum Gasteiger partial charge on any atom is 0.122 e. The Balaban J connectivity index is 1.48. The number of nitrogens with two attached hydrogens (primary N) is 1. The lowest BCUT2D eigenvalue weighted by Crippen LogP contribution is -2.25. The van der Waals surface area contributed by atoms with Crippen molar-refractivity contribution in [2.75, 3.05) is 32.8 Å². The maximum absolute atomic E-state index is 5.90. The Morgan fingerprint density at radius 1 is 1.24 bits per heavy atom. The van der Waals surface area contributed by atoms with Gasteiger partial charge >= 0.3 is 0 Å². The maximum atomic E-state index is 5.90. The van der Waals surface area contributed by atoms with Crippen molar-refractivity contribution in [3.63, 3.8) is 0 Å². The third-order valence-corrected chi connectivity index (χ3v) is 4.83. The van der Waals surface area contributed by atoms with Crippen LogP contribution in [0.4, 0.5) is 0 Å². The quantitative estimate of drug-likeness (QED) is 0.838. The summed E-state index contributed by atoms with van der Waals surface area (Å²) in [6, 6.07) is 6.67. The van der Waals surface area contributed by atoms with Gasteiger partial charge in [0.1, 0.15) is 5.75 Å². The van der Waals surface area contributed by atoms with Crippen molar-refractivity contribution < 1.29 is 4.74 Å². The largest absolute Gasteiger partial charge is 0.493 e. The van der Waals surface area contributed by atoms with Crippen molar-refractivity contribution >= 4 is 0 Å². The second-order valence-electron chi connectivity index (χ2n) is 6.80. The van der Waals surface area contributed by atoms with Gasteiger partial charge in [-0.3, -0.25) is 0 Å². The normalized spacial score (nSPS) is 22.7. The highest BCUT2D eigenvalue weighted by Crippen LogP contribution is 2.30. The molecule has 2 fully saturated rings. The molecule has 1 saturated heterocycles. The van der Waals surface area contributed by atoms with Gasteiger partial charge in [0, 0.05) is 13.1 Å². The first-order valence-electron chi connectivity index (χ1n) is 8.39. The Kier molecular flexibility index (Phi) is 4.81. The van der Waals surface area contributed by atoms with Gasteiger partial charge in [-0.1, -0.05) is 12.1 Å². The van der Waals surface area contributed by atoms with Crippen LogP contribution in [0.3, 0.4) is 0 Å². The van der Waals surface area contributed by atoms with E-state index >= 15 is 0 Å². The number of hydrogen-bond acceptors (Lipinski definition) is 3. The van der Waals surface area contributed by atoms with Crippen LogP contribution in [-0.2, 0) is 6.42 Å². The molecule has 3 rings (SSSR count). The van der Waals surface area contributed by atoms with Gasteiger partial charge in [0.05, 0.1) is 6.61 Å². The zero-order valence-corrected chi connectivity index (χ0v) is 13.2. The predicted octanol–water partition coefficient (Wildman–Crippen LogP) is 2.61. The highest BCUT2D eigenvalue weighted by atomic mass is 16.5. The molecule has 1 saturated carbocycles. The van der Waals surface area contributed by atoms with Gasteiger partial charge in [-0.25, -0.2) is 0 Å². The van der Waals surface area contributed by atoms with Crippen molar-refractivity contribution in [1.29, 1.82) is 0 Å². The minimum atomic E-state index is 0.713. The molecule has 0 amide bonds. The number of ether oxygens (including phenoxy) is 1. The molecule has 1 aliphatic carbocycles. The van der Waals surface area contributed by atoms with E-state index in [0.717, 1.165) is 37.8 Å². The third kappa shape index (κ3) is 4.21. The van der Waals surface area contributed by atoms with Crippen LogP contribution in [0, 0.1) is 18.8 Å². The highest BCUT2D eigenvalue weighted by molar-refractivity contribution is 5.36. The molecule has 1 heterocycles. The molecule has 0 aromatic heterocycles. The summed E-state index contributed by atoms with van der Waals surface area (Å²) in [5, 5.41) is 0. The molecule has 21 heavy (non-hydrogen) atoms. The van der Waals surface area contributed by atoms with E-state index in [0.29, 0.717) is 5.92 Å². The van der Waals surface area contributed by atoms with Crippen molar-refractivity contribution in [2.45, 2.75) is 32.6 Å². The van der Waals surface area contributed by atoms with Gasteiger partial charge in [0.2, 0.25) is 0 Å². The van der Waals surface area contributed by atoms with Crippen LogP contribution in [0.2, 0.25) is 0 Å². The van der Waals surface area contributed by atoms with E-state index in [-0.39, 0.29) is 0 Å². The van der Waals surface area contributed by atoms with Crippen LogP contribution < -0.4 is 10.5 Å². The summed E-state index contributed by atoms with van der Waals surface area (Å²) in [6.07, 6.45) is 5.08. The number of rotatable bonds is 7. The van der Waals surface area contributed by atoms with Crippen LogP contribution >= 0.6 is 0 Å². The van der Waals surface area contributed by atoms with Crippen LogP contribution in [0.5, 0.6) is 5.75 Å². The number of aryl methyl sites for hydroxylation is 1. The lowest BCUT2D eigenvalue weighted by atomic mass is 10.1. The lowest BCUT2D eigenvalue weighted by Gasteiger charge is -2.16. The molecule has 0 unspecified atom stereocenters. The Morgan fingerprint density at radius 3 is 2.76 bits per heavy atom. The van der Waals surface area contributed by atoms with Gasteiger partial charge < -0.3 is 15.4 Å². The molecular formula is C18H28N2O. The van der Waals surface area contributed by atoms with Gasteiger partial charge in [0.25, 0.3) is 0 Å². The van der Waals surface area contributed by atoms with E-state index in [4.69, 9.17) is 10.5 Å². The fourth-order valence-electron chi connectivity index (χ4n) is 3.12. The molecule has 1 aromatic carbocycles. The molecule has 2 aliphatic rings. The first-order chi connectivity index (χ1) is 10.2. The van der Waals surface area contributed by atoms with Gasteiger partial charge in [-0.2, -0.15) is 0 Å². The van der Waals surface area contributed by atoms with Gasteiger partial charge in [-0.15, -0.1) is 0 Å². The second-order valence-corrected chi connectivity index (χ2v) is 6.80. The summed E-state index contributed by atoms with van der Waals surface area (Å²) >= 11 is 0. The summed E-state index contributed by atoms with van der Waals surface area (Å²) in [4.78, 5) is 2.55. The molecule has 1 atom stereocenters. The Morgan fingerprint density at radius 2 is 2.10 bits per heavy atom. The average molecular weight is 288 g/mol. The van der Waals surface area contributed by atoms with Crippen molar-refractivity contribution in [3.05, 3.63) is 29.3 Å². The molecule has 116 valence electrons. The van der Waals surface area contributed by atoms with E-state index in [1.54, 1.807) is 0 Å². The molecule has 0 bridgehead atoms. The molecule has 0 radical (unpaired) electrons. The molecular weight excluding hydrogens is 260 g/mol. The second kappa shape index (κ2) is 6.80. The predicted molar refractivity (Wildman–Crippen MR) is 86.7 cm³/mol. The lowest BCUT2D eigenvalue weighted by molar-refractivity contribution is 0.297. The Bertz CT molecular complexity index is 470. The molecule has 1 aromatic rings. The average Bonchev–Trinajstić information content (AvgIpc) is 3.20. The van der Waals surface area contributed by atoms with Crippen molar-refractivity contribution in [3.8, 4) is 5.75 Å². The SMILES string of the molecule is Cc1cc(CCN2CC[C@@H](CN)C2)ccc1OCC1CC1. The Hall–Kier alpha value is -1.06. The first-order valence-corrected chi connectivity index (χ1v) is 8.39. The van der Waals surface area contributed by atoms with Gasteiger partial charge in [0.15, 0.2) is 0 Å². The number of hydrogen-bond donors (Lipinski definition) is 1. The first kappa shape index (κ1) is 14.9. The van der Waals surface area contributed by atoms with Crippen LogP contribution in [-0.4, -0.2) is 37.7 Å². The zero-order valence-electron chi connectivity index (χ0n) is 13.2. The number of benzene rings is 1. The summed E-state index contributed by atoms with van der Waals surface area (Å²) in [7, 11) is 0. The number of nitrogens with zero attached hydrogens (tertiary/aromatic N) is 1. The van der Waals surface area contributed by atoms with Gasteiger partial charge in [-0.05, 0) is 74.7 Å². The molecule has 0 spiro atoms. The Labute approximate surface area is 128 Å². The van der Waals surface area contributed by atoms with E-state index in [1.807, 2.05) is 0 Å². The summed E-state index contributed by atoms with van der Waals surface area (Å²) in [6.45, 7) is 7.43. The standard InChI is InChI=1S/C18H28N2O/c1-14-10-15(4-5-18(14)21-13-16-2-3-16)6-8-20-9-7-17(11-19)12-20/h4-5,10,16-17H,2-3,6-9,11-13,19H2,1H3/t17-/m0/s1. The fourth-order valence-corrected chi connectivity index (χ4v) is 3.12. The van der Waals surface area contributed by atoms with Crippen molar-refractivity contribution in [1.82, 2.24) is 4.90 Å². The van der Waals surface area contributed by atoms with Crippen LogP contribution in [0.25, 0.3) is 0 Å². The number of likely N-dealkylation sites (tertiary alicyclic amines) is 1. The van der Waals surface area contributed by atoms with Crippen LogP contribution in [0.1, 0.15) is 30.4 Å². The van der Waals surface area contributed by atoms with Crippen molar-refractivity contribution in [2.24, 2.45) is 17.6 Å². The smallest absolute Gasteiger partial charge is 0.122 e. The van der Waals surface area contributed by atoms with E-state index in [2.05, 4.69) is 30.0 Å². The summed E-state index contributed by atoms with van der Waals surface area (Å²) in [5.41, 5.74) is 8.44. The molecule has 3 nitrogen and oxygen atoms in total. The minimum absolute atomic E-state index is 0.713. The van der Waals surface area contributed by atoms with Crippen LogP contribution in [0.15, 0.2) is 18.2 Å². The monoisotopic (exact) mass is 288 g/mol. The minimum Gasteiger partial charge on any atom is -0.493 e. The summed E-state index contributed by atoms with van der Waals surface area (Å²) < 4.78 is 5.90. The molecule has 1 aliphatic heterocycles. The van der Waals surface area contributed by atoms with E-state index in [1.165, 1.54) is 43.5 Å². The third-order valence-electron chi connectivity index (χ3n) is 4.83. The van der Waals surface area contributed by atoms with E-state index in [9.17, 15) is 0 Å².